The van der Waals surface area contributed by atoms with Gasteiger partial charge in [-0.05, 0) is 31.4 Å². The van der Waals surface area contributed by atoms with Crippen LogP contribution in [0.15, 0.2) is 30.3 Å². The summed E-state index contributed by atoms with van der Waals surface area (Å²) in [5.41, 5.74) is 0. The predicted molar refractivity (Wildman–Crippen MR) is 75.6 cm³/mol. The van der Waals surface area contributed by atoms with E-state index >= 15 is 0 Å². The Labute approximate surface area is 120 Å². The monoisotopic (exact) mass is 284 g/mol. The van der Waals surface area contributed by atoms with Crippen molar-refractivity contribution in [1.82, 2.24) is 0 Å². The molecule has 0 aliphatic rings. The highest BCUT2D eigenvalue weighted by Crippen LogP contribution is 2.07. The molecule has 0 atom stereocenters. The molecule has 1 N–H and O–H groups in total. The topological polar surface area (TPSA) is 57.2 Å². The molecule has 0 spiro atoms. The maximum Gasteiger partial charge on any atom is 0.165 e. The molecule has 0 aliphatic carbocycles. The van der Waals surface area contributed by atoms with Crippen molar-refractivity contribution in [2.24, 2.45) is 0 Å². The van der Waals surface area contributed by atoms with Crippen molar-refractivity contribution in [3.63, 3.8) is 0 Å². The van der Waals surface area contributed by atoms with Crippen molar-refractivity contribution >= 4 is 0 Å². The van der Waals surface area contributed by atoms with Crippen LogP contribution < -0.4 is 4.89 Å². The molecule has 1 rings (SSSR count). The average Bonchev–Trinajstić information content (AvgIpc) is 2.49. The minimum absolute atomic E-state index is 0.258. The molecule has 114 valence electrons. The van der Waals surface area contributed by atoms with Gasteiger partial charge in [-0.1, -0.05) is 18.2 Å². The van der Waals surface area contributed by atoms with Gasteiger partial charge in [0.1, 0.15) is 6.61 Å². The number of rotatable bonds is 13. The van der Waals surface area contributed by atoms with E-state index in [0.717, 1.165) is 25.9 Å². The molecule has 1 aromatic rings. The molecule has 0 unspecified atom stereocenters. The molecule has 5 nitrogen and oxygen atoms in total. The Morgan fingerprint density at radius 3 is 2.20 bits per heavy atom. The molecule has 0 heterocycles. The lowest BCUT2D eigenvalue weighted by Gasteiger charge is -2.06. The number of aliphatic hydroxyl groups excluding tert-OH is 1. The van der Waals surface area contributed by atoms with Crippen molar-refractivity contribution in [1.29, 1.82) is 0 Å². The molecule has 0 amide bonds. The van der Waals surface area contributed by atoms with Crippen molar-refractivity contribution in [2.75, 3.05) is 39.6 Å². The van der Waals surface area contributed by atoms with E-state index in [2.05, 4.69) is 0 Å². The van der Waals surface area contributed by atoms with Crippen molar-refractivity contribution in [2.45, 2.75) is 19.3 Å². The summed E-state index contributed by atoms with van der Waals surface area (Å²) in [6.07, 6.45) is 2.83. The highest BCUT2D eigenvalue weighted by Gasteiger charge is 1.94. The number of ether oxygens (including phenoxy) is 2. The van der Waals surface area contributed by atoms with Crippen molar-refractivity contribution in [3.05, 3.63) is 30.3 Å². The second-order valence-corrected chi connectivity index (χ2v) is 4.23. The summed E-state index contributed by atoms with van der Waals surface area (Å²) in [5.74, 6) is 0.679. The summed E-state index contributed by atoms with van der Waals surface area (Å²) >= 11 is 0. The van der Waals surface area contributed by atoms with Crippen LogP contribution in [0.5, 0.6) is 5.75 Å². The van der Waals surface area contributed by atoms with Crippen LogP contribution in [0, 0.1) is 0 Å². The maximum atomic E-state index is 8.60. The van der Waals surface area contributed by atoms with Crippen LogP contribution in [0.25, 0.3) is 0 Å². The quantitative estimate of drug-likeness (QED) is 0.342. The molecule has 0 saturated carbocycles. The Morgan fingerprint density at radius 1 is 0.750 bits per heavy atom. The standard InChI is InChI=1S/C15H24O5/c16-9-5-2-6-10-17-11-12-18-13-14-19-20-15-7-3-1-4-8-15/h1,3-4,7-8,16H,2,5-6,9-14H2. The first-order valence-corrected chi connectivity index (χ1v) is 7.04. The van der Waals surface area contributed by atoms with Gasteiger partial charge in [-0.3, -0.25) is 0 Å². The van der Waals surface area contributed by atoms with E-state index in [4.69, 9.17) is 24.4 Å². The van der Waals surface area contributed by atoms with E-state index in [1.165, 1.54) is 0 Å². The van der Waals surface area contributed by atoms with Gasteiger partial charge in [0.15, 0.2) is 5.75 Å². The number of unbranched alkanes of at least 4 members (excludes halogenated alkanes) is 2. The summed E-state index contributed by atoms with van der Waals surface area (Å²) < 4.78 is 10.7. The number of benzene rings is 1. The maximum absolute atomic E-state index is 8.60. The highest BCUT2D eigenvalue weighted by atomic mass is 17.2. The van der Waals surface area contributed by atoms with Crippen LogP contribution in [0.4, 0.5) is 0 Å². The fourth-order valence-corrected chi connectivity index (χ4v) is 1.49. The predicted octanol–water partition coefficient (Wildman–Crippen LogP) is 2.19. The summed E-state index contributed by atoms with van der Waals surface area (Å²) in [6, 6.07) is 9.33. The third-order valence-corrected chi connectivity index (χ3v) is 2.53. The Morgan fingerprint density at radius 2 is 1.45 bits per heavy atom. The average molecular weight is 284 g/mol. The highest BCUT2D eigenvalue weighted by molar-refractivity contribution is 5.20. The first kappa shape index (κ1) is 16.9. The normalized spacial score (nSPS) is 10.7. The third-order valence-electron chi connectivity index (χ3n) is 2.53. The van der Waals surface area contributed by atoms with Crippen LogP contribution in [-0.2, 0) is 14.4 Å². The van der Waals surface area contributed by atoms with E-state index in [-0.39, 0.29) is 6.61 Å². The number of para-hydroxylation sites is 1. The zero-order valence-corrected chi connectivity index (χ0v) is 11.8. The number of aliphatic hydroxyl groups is 1. The largest absolute Gasteiger partial charge is 0.396 e. The summed E-state index contributed by atoms with van der Waals surface area (Å²) in [7, 11) is 0. The summed E-state index contributed by atoms with van der Waals surface area (Å²) in [4.78, 5) is 10.1. The molecule has 0 fully saturated rings. The fourth-order valence-electron chi connectivity index (χ4n) is 1.49. The minimum atomic E-state index is 0.258. The minimum Gasteiger partial charge on any atom is -0.396 e. The Bertz CT molecular complexity index is 304. The van der Waals surface area contributed by atoms with Gasteiger partial charge in [0.2, 0.25) is 0 Å². The fraction of sp³-hybridized carbons (Fsp3) is 0.600. The zero-order chi connectivity index (χ0) is 14.3. The first-order chi connectivity index (χ1) is 9.93. The number of hydrogen-bond acceptors (Lipinski definition) is 5. The Hall–Kier alpha value is -1.14. The van der Waals surface area contributed by atoms with Gasteiger partial charge in [0.25, 0.3) is 0 Å². The lowest BCUT2D eigenvalue weighted by atomic mass is 10.2. The molecule has 0 aliphatic heterocycles. The number of hydrogen-bond donors (Lipinski definition) is 1. The van der Waals surface area contributed by atoms with Crippen LogP contribution >= 0.6 is 0 Å². The van der Waals surface area contributed by atoms with E-state index in [0.29, 0.717) is 32.2 Å². The van der Waals surface area contributed by atoms with Crippen LogP contribution in [-0.4, -0.2) is 44.7 Å². The van der Waals surface area contributed by atoms with Crippen LogP contribution in [0.2, 0.25) is 0 Å². The van der Waals surface area contributed by atoms with Gasteiger partial charge in [-0.25, -0.2) is 0 Å². The molecule has 1 aromatic carbocycles. The summed E-state index contributed by atoms with van der Waals surface area (Å²) in [6.45, 7) is 2.96. The second kappa shape index (κ2) is 12.9. The van der Waals surface area contributed by atoms with Crippen molar-refractivity contribution < 1.29 is 24.4 Å². The molecule has 5 heteroatoms. The van der Waals surface area contributed by atoms with Gasteiger partial charge in [-0.15, -0.1) is 0 Å². The molecular weight excluding hydrogens is 260 g/mol. The zero-order valence-electron chi connectivity index (χ0n) is 11.8. The van der Waals surface area contributed by atoms with Gasteiger partial charge in [0, 0.05) is 13.2 Å². The molecular formula is C15H24O5. The van der Waals surface area contributed by atoms with E-state index in [1.807, 2.05) is 30.3 Å². The van der Waals surface area contributed by atoms with Crippen molar-refractivity contribution in [3.8, 4) is 5.75 Å². The molecule has 0 bridgehead atoms. The lowest BCUT2D eigenvalue weighted by Crippen LogP contribution is -2.11. The molecule has 0 radical (unpaired) electrons. The Balaban J connectivity index is 1.77. The SMILES string of the molecule is OCCCCCOCCOCCOOc1ccccc1. The van der Waals surface area contributed by atoms with Crippen LogP contribution in [0.3, 0.4) is 0 Å². The van der Waals surface area contributed by atoms with E-state index < -0.39 is 0 Å². The smallest absolute Gasteiger partial charge is 0.165 e. The summed E-state index contributed by atoms with van der Waals surface area (Å²) in [5, 5.41) is 8.60. The van der Waals surface area contributed by atoms with E-state index in [9.17, 15) is 0 Å². The molecule has 20 heavy (non-hydrogen) atoms. The van der Waals surface area contributed by atoms with Crippen LogP contribution in [0.1, 0.15) is 19.3 Å². The second-order valence-electron chi connectivity index (χ2n) is 4.23. The van der Waals surface area contributed by atoms with Gasteiger partial charge in [-0.2, -0.15) is 4.89 Å². The van der Waals surface area contributed by atoms with Gasteiger partial charge in [0.05, 0.1) is 19.8 Å². The third kappa shape index (κ3) is 9.75. The Kier molecular flexibility index (Phi) is 10.9. The first-order valence-electron chi connectivity index (χ1n) is 7.04. The lowest BCUT2D eigenvalue weighted by molar-refractivity contribution is -0.215. The molecule has 0 aromatic heterocycles. The van der Waals surface area contributed by atoms with Gasteiger partial charge >= 0.3 is 0 Å². The van der Waals surface area contributed by atoms with E-state index in [1.54, 1.807) is 0 Å². The molecule has 0 saturated heterocycles. The van der Waals surface area contributed by atoms with Gasteiger partial charge < -0.3 is 19.5 Å².